The van der Waals surface area contributed by atoms with Gasteiger partial charge < -0.3 is 9.47 Å². The number of benzene rings is 3. The summed E-state index contributed by atoms with van der Waals surface area (Å²) in [5.74, 6) is -0.437. The molecule has 0 aliphatic carbocycles. The van der Waals surface area contributed by atoms with Gasteiger partial charge in [-0.15, -0.1) is 0 Å². The van der Waals surface area contributed by atoms with Crippen LogP contribution >= 0.6 is 15.9 Å². The van der Waals surface area contributed by atoms with Gasteiger partial charge in [-0.3, -0.25) is 14.9 Å². The zero-order valence-corrected chi connectivity index (χ0v) is 20.8. The van der Waals surface area contributed by atoms with Crippen molar-refractivity contribution in [3.05, 3.63) is 93.5 Å². The molecule has 4 amide bonds. The molecule has 1 aliphatic rings. The summed E-state index contributed by atoms with van der Waals surface area (Å²) in [6.07, 6.45) is 1.43. The van der Waals surface area contributed by atoms with Crippen molar-refractivity contribution in [2.75, 3.05) is 11.5 Å². The maximum Gasteiger partial charge on any atom is 0.335 e. The Morgan fingerprint density at radius 3 is 2.40 bits per heavy atom. The van der Waals surface area contributed by atoms with Gasteiger partial charge in [-0.25, -0.2) is 9.69 Å². The predicted octanol–water partition coefficient (Wildman–Crippen LogP) is 5.40. The molecule has 0 bridgehead atoms. The van der Waals surface area contributed by atoms with Crippen molar-refractivity contribution in [3.63, 3.8) is 0 Å². The molecule has 0 spiro atoms. The number of barbiturate groups is 1. The van der Waals surface area contributed by atoms with E-state index in [2.05, 4.69) is 21.2 Å². The largest absolute Gasteiger partial charge is 0.490 e. The molecular weight excluding hydrogens is 512 g/mol. The van der Waals surface area contributed by atoms with Crippen LogP contribution in [-0.2, 0) is 16.2 Å². The predicted molar refractivity (Wildman–Crippen MR) is 136 cm³/mol. The summed E-state index contributed by atoms with van der Waals surface area (Å²) in [7, 11) is 0. The van der Waals surface area contributed by atoms with Gasteiger partial charge in [-0.05, 0) is 73.0 Å². The van der Waals surface area contributed by atoms with Gasteiger partial charge in [0, 0.05) is 4.47 Å². The molecule has 3 aromatic carbocycles. The van der Waals surface area contributed by atoms with Gasteiger partial charge >= 0.3 is 6.03 Å². The van der Waals surface area contributed by atoms with Crippen LogP contribution in [0.25, 0.3) is 6.08 Å². The van der Waals surface area contributed by atoms with Gasteiger partial charge in [0.25, 0.3) is 11.8 Å². The minimum absolute atomic E-state index is 0.163. The molecule has 1 heterocycles. The van der Waals surface area contributed by atoms with Crippen LogP contribution in [-0.4, -0.2) is 24.5 Å². The van der Waals surface area contributed by atoms with Gasteiger partial charge in [0.1, 0.15) is 12.2 Å². The van der Waals surface area contributed by atoms with Crippen LogP contribution in [0.4, 0.5) is 10.5 Å². The van der Waals surface area contributed by atoms with Crippen molar-refractivity contribution in [2.24, 2.45) is 0 Å². The number of imide groups is 2. The Hall–Kier alpha value is -3.91. The van der Waals surface area contributed by atoms with E-state index in [0.717, 1.165) is 20.5 Å². The zero-order chi connectivity index (χ0) is 24.9. The molecule has 3 aromatic rings. The molecule has 1 saturated heterocycles. The van der Waals surface area contributed by atoms with Crippen molar-refractivity contribution in [2.45, 2.75) is 20.5 Å². The summed E-state index contributed by atoms with van der Waals surface area (Å²) in [4.78, 5) is 38.9. The Kier molecular flexibility index (Phi) is 7.31. The normalized spacial score (nSPS) is 14.8. The smallest absolute Gasteiger partial charge is 0.335 e. The van der Waals surface area contributed by atoms with E-state index in [0.29, 0.717) is 36.0 Å². The number of nitrogens with zero attached hydrogens (tertiary/aromatic N) is 1. The number of ether oxygens (including phenoxy) is 2. The van der Waals surface area contributed by atoms with Gasteiger partial charge in [-0.1, -0.05) is 46.3 Å². The molecule has 0 radical (unpaired) electrons. The Labute approximate surface area is 211 Å². The highest BCUT2D eigenvalue weighted by molar-refractivity contribution is 9.10. The number of halogens is 1. The first-order chi connectivity index (χ1) is 16.9. The molecule has 178 valence electrons. The van der Waals surface area contributed by atoms with E-state index in [1.165, 1.54) is 6.08 Å². The standard InChI is InChI=1S/C27H23BrN2O5/c1-3-34-24-15-18(8-13-23(24)35-16-19-7-5-4-6-17(19)2)14-22-25(31)29-27(33)30(26(22)32)21-11-9-20(28)10-12-21/h4-15H,3,16H2,1-2H3,(H,29,31,33). The molecule has 1 aliphatic heterocycles. The van der Waals surface area contributed by atoms with Crippen LogP contribution in [0.15, 0.2) is 76.8 Å². The number of amides is 4. The third-order valence-corrected chi connectivity index (χ3v) is 5.94. The minimum Gasteiger partial charge on any atom is -0.490 e. The average molecular weight is 535 g/mol. The Bertz CT molecular complexity index is 1320. The molecule has 35 heavy (non-hydrogen) atoms. The van der Waals surface area contributed by atoms with Crippen LogP contribution in [0, 0.1) is 6.92 Å². The number of carbonyl (C=O) groups is 3. The van der Waals surface area contributed by atoms with Crippen molar-refractivity contribution in [1.29, 1.82) is 0 Å². The summed E-state index contributed by atoms with van der Waals surface area (Å²) < 4.78 is 12.5. The van der Waals surface area contributed by atoms with Crippen molar-refractivity contribution in [1.82, 2.24) is 5.32 Å². The van der Waals surface area contributed by atoms with Gasteiger partial charge in [-0.2, -0.15) is 0 Å². The number of anilines is 1. The van der Waals surface area contributed by atoms with Crippen LogP contribution in [0.1, 0.15) is 23.6 Å². The summed E-state index contributed by atoms with van der Waals surface area (Å²) >= 11 is 3.33. The third-order valence-electron chi connectivity index (χ3n) is 5.41. The minimum atomic E-state index is -0.797. The molecule has 0 saturated carbocycles. The third kappa shape index (κ3) is 5.44. The lowest BCUT2D eigenvalue weighted by Gasteiger charge is -2.26. The first-order valence-electron chi connectivity index (χ1n) is 11.0. The highest BCUT2D eigenvalue weighted by Gasteiger charge is 2.36. The van der Waals surface area contributed by atoms with Gasteiger partial charge in [0.05, 0.1) is 12.3 Å². The molecule has 0 atom stereocenters. The summed E-state index contributed by atoms with van der Waals surface area (Å²) in [5.41, 5.74) is 2.93. The first-order valence-corrected chi connectivity index (χ1v) is 11.8. The molecule has 7 nitrogen and oxygen atoms in total. The lowest BCUT2D eigenvalue weighted by Crippen LogP contribution is -2.54. The number of urea groups is 1. The number of rotatable bonds is 7. The van der Waals surface area contributed by atoms with Crippen molar-refractivity contribution < 1.29 is 23.9 Å². The number of hydrogen-bond donors (Lipinski definition) is 1. The van der Waals surface area contributed by atoms with Crippen LogP contribution in [0.5, 0.6) is 11.5 Å². The second-order valence-corrected chi connectivity index (χ2v) is 8.70. The molecule has 1 N–H and O–H groups in total. The Morgan fingerprint density at radius 1 is 0.943 bits per heavy atom. The van der Waals surface area contributed by atoms with E-state index in [9.17, 15) is 14.4 Å². The molecule has 8 heteroatoms. The summed E-state index contributed by atoms with van der Waals surface area (Å²) in [5, 5.41) is 2.23. The first kappa shape index (κ1) is 24.2. The SMILES string of the molecule is CCOc1cc(C=C2C(=O)NC(=O)N(c3ccc(Br)cc3)C2=O)ccc1OCc1ccccc1C. The maximum atomic E-state index is 13.1. The van der Waals surface area contributed by atoms with Crippen molar-refractivity contribution >= 4 is 45.5 Å². The highest BCUT2D eigenvalue weighted by Crippen LogP contribution is 2.31. The quantitative estimate of drug-likeness (QED) is 0.324. The van der Waals surface area contributed by atoms with E-state index >= 15 is 0 Å². The second-order valence-electron chi connectivity index (χ2n) is 7.79. The van der Waals surface area contributed by atoms with Crippen LogP contribution in [0.3, 0.4) is 0 Å². The number of carbonyl (C=O) groups excluding carboxylic acids is 3. The lowest BCUT2D eigenvalue weighted by atomic mass is 10.1. The fourth-order valence-electron chi connectivity index (χ4n) is 3.58. The van der Waals surface area contributed by atoms with E-state index in [1.807, 2.05) is 38.1 Å². The molecule has 0 unspecified atom stereocenters. The Balaban J connectivity index is 1.61. The lowest BCUT2D eigenvalue weighted by molar-refractivity contribution is -0.122. The van der Waals surface area contributed by atoms with Crippen LogP contribution < -0.4 is 19.7 Å². The molecule has 0 aromatic heterocycles. The van der Waals surface area contributed by atoms with Crippen LogP contribution in [0.2, 0.25) is 0 Å². The molecule has 1 fully saturated rings. The average Bonchev–Trinajstić information content (AvgIpc) is 2.83. The topological polar surface area (TPSA) is 84.9 Å². The molecular formula is C27H23BrN2O5. The summed E-state index contributed by atoms with van der Waals surface area (Å²) in [6.45, 7) is 4.66. The van der Waals surface area contributed by atoms with Gasteiger partial charge in [0.15, 0.2) is 11.5 Å². The molecule has 4 rings (SSSR count). The van der Waals surface area contributed by atoms with E-state index in [-0.39, 0.29) is 5.57 Å². The van der Waals surface area contributed by atoms with E-state index in [4.69, 9.17) is 9.47 Å². The number of aryl methyl sites for hydroxylation is 1. The maximum absolute atomic E-state index is 13.1. The summed E-state index contributed by atoms with van der Waals surface area (Å²) in [6, 6.07) is 19.0. The van der Waals surface area contributed by atoms with E-state index < -0.39 is 17.8 Å². The zero-order valence-electron chi connectivity index (χ0n) is 19.2. The van der Waals surface area contributed by atoms with Gasteiger partial charge in [0.2, 0.25) is 0 Å². The number of nitrogens with one attached hydrogen (secondary N) is 1. The number of hydrogen-bond acceptors (Lipinski definition) is 5. The second kappa shape index (κ2) is 10.6. The van der Waals surface area contributed by atoms with E-state index in [1.54, 1.807) is 42.5 Å². The monoisotopic (exact) mass is 534 g/mol. The Morgan fingerprint density at radius 2 is 1.69 bits per heavy atom. The fourth-order valence-corrected chi connectivity index (χ4v) is 3.84. The highest BCUT2D eigenvalue weighted by atomic mass is 79.9. The fraction of sp³-hybridized carbons (Fsp3) is 0.148. The van der Waals surface area contributed by atoms with Crippen molar-refractivity contribution in [3.8, 4) is 11.5 Å².